The third-order valence-corrected chi connectivity index (χ3v) is 4.59. The van der Waals surface area contributed by atoms with Crippen molar-refractivity contribution in [1.29, 1.82) is 0 Å². The number of hydrogen-bond acceptors (Lipinski definition) is 6. The lowest BCUT2D eigenvalue weighted by atomic mass is 10.1. The molecule has 2 atom stereocenters. The zero-order valence-corrected chi connectivity index (χ0v) is 10.7. The lowest BCUT2D eigenvalue weighted by Gasteiger charge is -2.20. The molecular formula is C10H15N5O2S. The Hall–Kier alpha value is -1.15. The molecule has 0 aliphatic carbocycles. The van der Waals surface area contributed by atoms with Gasteiger partial charge in [-0.05, 0) is 36.2 Å². The van der Waals surface area contributed by atoms with Gasteiger partial charge in [0, 0.05) is 12.6 Å². The largest absolute Gasteiger partial charge is 0.481 e. The second-order valence-electron chi connectivity index (χ2n) is 4.69. The molecule has 0 amide bonds. The summed E-state index contributed by atoms with van der Waals surface area (Å²) in [5.74, 6) is -0.843. The molecule has 1 aromatic rings. The van der Waals surface area contributed by atoms with E-state index in [1.807, 2.05) is 4.68 Å². The smallest absolute Gasteiger partial charge is 0.313 e. The van der Waals surface area contributed by atoms with E-state index in [0.29, 0.717) is 17.2 Å². The molecule has 0 saturated carbocycles. The Kier molecular flexibility index (Phi) is 3.21. The summed E-state index contributed by atoms with van der Waals surface area (Å²) in [4.78, 5) is 13.1. The number of hydrogen-bond donors (Lipinski definition) is 1. The second kappa shape index (κ2) is 4.85. The average molecular weight is 269 g/mol. The molecule has 0 spiro atoms. The summed E-state index contributed by atoms with van der Waals surface area (Å²) in [6.07, 6.45) is 3.48. The normalized spacial score (nSPS) is 27.6. The van der Waals surface area contributed by atoms with Gasteiger partial charge in [0.2, 0.25) is 5.16 Å². The molecule has 2 aliphatic rings. The maximum Gasteiger partial charge on any atom is 0.313 e. The van der Waals surface area contributed by atoms with Crippen LogP contribution in [0.25, 0.3) is 0 Å². The van der Waals surface area contributed by atoms with Crippen molar-refractivity contribution in [1.82, 2.24) is 25.1 Å². The molecule has 1 N–H and O–H groups in total. The molecule has 3 rings (SSSR count). The fourth-order valence-electron chi connectivity index (χ4n) is 2.96. The van der Waals surface area contributed by atoms with E-state index in [4.69, 9.17) is 5.11 Å². The molecule has 7 nitrogen and oxygen atoms in total. The van der Waals surface area contributed by atoms with Crippen LogP contribution >= 0.6 is 11.8 Å². The van der Waals surface area contributed by atoms with Crippen molar-refractivity contribution in [2.45, 2.75) is 36.5 Å². The first-order chi connectivity index (χ1) is 8.75. The molecule has 98 valence electrons. The summed E-state index contributed by atoms with van der Waals surface area (Å²) in [6.45, 7) is 2.26. The third kappa shape index (κ3) is 2.10. The highest BCUT2D eigenvalue weighted by Gasteiger charge is 2.39. The number of carboxylic acids is 1. The lowest BCUT2D eigenvalue weighted by molar-refractivity contribution is -0.133. The van der Waals surface area contributed by atoms with Gasteiger partial charge in [-0.3, -0.25) is 9.69 Å². The molecule has 0 radical (unpaired) electrons. The number of fused-ring (bicyclic) bond motifs is 1. The van der Waals surface area contributed by atoms with Gasteiger partial charge < -0.3 is 5.11 Å². The van der Waals surface area contributed by atoms with Crippen LogP contribution in [0.15, 0.2) is 5.16 Å². The Morgan fingerprint density at radius 1 is 1.39 bits per heavy atom. The van der Waals surface area contributed by atoms with Gasteiger partial charge in [0.05, 0.1) is 11.8 Å². The highest BCUT2D eigenvalue weighted by Crippen LogP contribution is 2.36. The molecule has 2 saturated heterocycles. The van der Waals surface area contributed by atoms with Crippen LogP contribution in [0.5, 0.6) is 0 Å². The quantitative estimate of drug-likeness (QED) is 0.785. The van der Waals surface area contributed by atoms with Gasteiger partial charge >= 0.3 is 5.97 Å². The monoisotopic (exact) mass is 269 g/mol. The fourth-order valence-corrected chi connectivity index (χ4v) is 3.61. The summed E-state index contributed by atoms with van der Waals surface area (Å²) in [5, 5.41) is 21.0. The molecule has 2 fully saturated rings. The van der Waals surface area contributed by atoms with Crippen LogP contribution < -0.4 is 0 Å². The van der Waals surface area contributed by atoms with E-state index in [1.165, 1.54) is 31.1 Å². The Bertz CT molecular complexity index is 451. The van der Waals surface area contributed by atoms with Gasteiger partial charge in [-0.15, -0.1) is 5.10 Å². The minimum atomic E-state index is -0.844. The number of carbonyl (C=O) groups is 1. The molecule has 8 heteroatoms. The van der Waals surface area contributed by atoms with Gasteiger partial charge in [-0.1, -0.05) is 11.8 Å². The van der Waals surface area contributed by atoms with Gasteiger partial charge in [0.25, 0.3) is 0 Å². The van der Waals surface area contributed by atoms with Crippen molar-refractivity contribution >= 4 is 17.7 Å². The number of aromatic nitrogens is 4. The van der Waals surface area contributed by atoms with E-state index in [0.717, 1.165) is 13.0 Å². The number of thioether (sulfide) groups is 1. The van der Waals surface area contributed by atoms with Crippen molar-refractivity contribution in [3.8, 4) is 0 Å². The highest BCUT2D eigenvalue weighted by molar-refractivity contribution is 7.99. The molecule has 3 heterocycles. The van der Waals surface area contributed by atoms with Crippen LogP contribution in [0, 0.1) is 0 Å². The summed E-state index contributed by atoms with van der Waals surface area (Å²) in [6, 6.07) is 0.830. The van der Waals surface area contributed by atoms with Gasteiger partial charge in [0.15, 0.2) is 0 Å². The SMILES string of the molecule is O=C(O)CSc1nnnn1C1CCN2CCCC12. The van der Waals surface area contributed by atoms with Crippen LogP contribution in [0.4, 0.5) is 0 Å². The molecule has 2 unspecified atom stereocenters. The Morgan fingerprint density at radius 2 is 2.28 bits per heavy atom. The maximum absolute atomic E-state index is 10.6. The number of rotatable bonds is 4. The van der Waals surface area contributed by atoms with Crippen LogP contribution in [0.3, 0.4) is 0 Å². The van der Waals surface area contributed by atoms with E-state index < -0.39 is 5.97 Å². The van der Waals surface area contributed by atoms with Gasteiger partial charge in [0.1, 0.15) is 0 Å². The third-order valence-electron chi connectivity index (χ3n) is 3.67. The molecule has 0 aromatic carbocycles. The molecule has 1 aromatic heterocycles. The predicted molar refractivity (Wildman–Crippen MR) is 64.4 cm³/mol. The highest BCUT2D eigenvalue weighted by atomic mass is 32.2. The van der Waals surface area contributed by atoms with Crippen LogP contribution in [-0.2, 0) is 4.79 Å². The van der Waals surface area contributed by atoms with Crippen molar-refractivity contribution < 1.29 is 9.90 Å². The first-order valence-corrected chi connectivity index (χ1v) is 7.11. The van der Waals surface area contributed by atoms with Crippen LogP contribution in [0.2, 0.25) is 0 Å². The van der Waals surface area contributed by atoms with Crippen molar-refractivity contribution in [2.24, 2.45) is 0 Å². The minimum Gasteiger partial charge on any atom is -0.481 e. The molecular weight excluding hydrogens is 254 g/mol. The minimum absolute atomic E-state index is 0.00146. The van der Waals surface area contributed by atoms with Crippen molar-refractivity contribution in [2.75, 3.05) is 18.8 Å². The van der Waals surface area contributed by atoms with E-state index in [-0.39, 0.29) is 5.75 Å². The van der Waals surface area contributed by atoms with Crippen LogP contribution in [-0.4, -0.2) is 61.1 Å². The topological polar surface area (TPSA) is 84.1 Å². The number of tetrazole rings is 1. The van der Waals surface area contributed by atoms with Gasteiger partial charge in [-0.2, -0.15) is 0 Å². The number of aliphatic carboxylic acids is 1. The lowest BCUT2D eigenvalue weighted by Crippen LogP contribution is -2.28. The van der Waals surface area contributed by atoms with E-state index in [2.05, 4.69) is 20.4 Å². The summed E-state index contributed by atoms with van der Waals surface area (Å²) in [7, 11) is 0. The summed E-state index contributed by atoms with van der Waals surface area (Å²) >= 11 is 1.19. The number of nitrogens with zero attached hydrogens (tertiary/aromatic N) is 5. The molecule has 0 bridgehead atoms. The van der Waals surface area contributed by atoms with Crippen molar-refractivity contribution in [3.63, 3.8) is 0 Å². The zero-order valence-electron chi connectivity index (χ0n) is 9.90. The van der Waals surface area contributed by atoms with Crippen LogP contribution in [0.1, 0.15) is 25.3 Å². The Balaban J connectivity index is 1.76. The van der Waals surface area contributed by atoms with E-state index in [9.17, 15) is 4.79 Å². The van der Waals surface area contributed by atoms with Gasteiger partial charge in [-0.25, -0.2) is 4.68 Å². The first kappa shape index (κ1) is 11.9. The standard InChI is InChI=1S/C10H15N5O2S/c16-9(17)6-18-10-11-12-13-15(10)8-3-5-14-4-1-2-7(8)14/h7-8H,1-6H2,(H,16,17). The molecule has 18 heavy (non-hydrogen) atoms. The first-order valence-electron chi connectivity index (χ1n) is 6.12. The maximum atomic E-state index is 10.6. The molecule has 2 aliphatic heterocycles. The average Bonchev–Trinajstić information content (AvgIpc) is 3.01. The fraction of sp³-hybridized carbons (Fsp3) is 0.800. The predicted octanol–water partition coefficient (Wildman–Crippen LogP) is 0.259. The zero-order chi connectivity index (χ0) is 12.5. The Labute approximate surface area is 109 Å². The number of carboxylic acid groups (broad SMARTS) is 1. The van der Waals surface area contributed by atoms with E-state index >= 15 is 0 Å². The van der Waals surface area contributed by atoms with E-state index in [1.54, 1.807) is 0 Å². The summed E-state index contributed by atoms with van der Waals surface area (Å²) < 4.78 is 1.82. The second-order valence-corrected chi connectivity index (χ2v) is 5.63. The summed E-state index contributed by atoms with van der Waals surface area (Å²) in [5.41, 5.74) is 0. The Morgan fingerprint density at radius 3 is 3.11 bits per heavy atom. The van der Waals surface area contributed by atoms with Crippen molar-refractivity contribution in [3.05, 3.63) is 0 Å².